The number of rotatable bonds is 3. The number of hydrogen-bond donors (Lipinski definition) is 1. The van der Waals surface area contributed by atoms with Crippen molar-refractivity contribution in [2.45, 2.75) is 32.9 Å². The van der Waals surface area contributed by atoms with Gasteiger partial charge in [-0.1, -0.05) is 0 Å². The van der Waals surface area contributed by atoms with Crippen molar-refractivity contribution in [3.05, 3.63) is 16.6 Å². The Kier molecular flexibility index (Phi) is 6.97. The lowest BCUT2D eigenvalue weighted by Crippen LogP contribution is -2.42. The van der Waals surface area contributed by atoms with E-state index in [-0.39, 0.29) is 5.60 Å². The molecule has 1 aromatic rings. The molecule has 5 nitrogen and oxygen atoms in total. The van der Waals surface area contributed by atoms with E-state index in [1.807, 2.05) is 32.3 Å². The average molecular weight is 285 g/mol. The van der Waals surface area contributed by atoms with Crippen LogP contribution in [-0.4, -0.2) is 48.1 Å². The van der Waals surface area contributed by atoms with E-state index in [0.29, 0.717) is 6.47 Å². The van der Waals surface area contributed by atoms with Gasteiger partial charge in [0.05, 0.1) is 6.54 Å². The molecule has 108 valence electrons. The van der Waals surface area contributed by atoms with Gasteiger partial charge in [-0.15, -0.1) is 11.3 Å². The maximum Gasteiger partial charge on any atom is 0.293 e. The molecule has 0 atom stereocenters. The van der Waals surface area contributed by atoms with Crippen LogP contribution in [0, 0.1) is 0 Å². The van der Waals surface area contributed by atoms with Gasteiger partial charge in [0.15, 0.2) is 0 Å². The van der Waals surface area contributed by atoms with Crippen LogP contribution >= 0.6 is 11.3 Å². The first-order chi connectivity index (χ1) is 9.01. The maximum absolute atomic E-state index is 9.60. The highest BCUT2D eigenvalue weighted by molar-refractivity contribution is 7.09. The molecule has 1 aliphatic rings. The first-order valence-corrected chi connectivity index (χ1v) is 7.32. The molecule has 0 bridgehead atoms. The number of carbonyl (C=O) groups excluding carboxylic acids is 1. The summed E-state index contributed by atoms with van der Waals surface area (Å²) in [5.41, 5.74) is -0.318. The van der Waals surface area contributed by atoms with Gasteiger partial charge >= 0.3 is 0 Å². The van der Waals surface area contributed by atoms with Gasteiger partial charge in [-0.25, -0.2) is 4.98 Å². The van der Waals surface area contributed by atoms with E-state index in [0.717, 1.165) is 32.7 Å². The molecule has 6 heteroatoms. The molecule has 0 spiro atoms. The monoisotopic (exact) mass is 285 g/mol. The molecule has 0 amide bonds. The molecule has 0 aliphatic carbocycles. The molecule has 1 aliphatic heterocycles. The third-order valence-electron chi connectivity index (χ3n) is 2.45. The van der Waals surface area contributed by atoms with Crippen molar-refractivity contribution < 1.29 is 9.53 Å². The Morgan fingerprint density at radius 2 is 2.16 bits per heavy atom. The zero-order valence-electron chi connectivity index (χ0n) is 11.9. The molecule has 0 radical (unpaired) electrons. The Hall–Kier alpha value is -0.980. The molecule has 0 unspecified atom stereocenters. The summed E-state index contributed by atoms with van der Waals surface area (Å²) in [6.07, 6.45) is 1.88. The predicted molar refractivity (Wildman–Crippen MR) is 77.2 cm³/mol. The van der Waals surface area contributed by atoms with Crippen LogP contribution in [0.3, 0.4) is 0 Å². The van der Waals surface area contributed by atoms with E-state index < -0.39 is 0 Å². The molecule has 1 fully saturated rings. The van der Waals surface area contributed by atoms with Crippen molar-refractivity contribution in [1.29, 1.82) is 0 Å². The van der Waals surface area contributed by atoms with Crippen LogP contribution in [-0.2, 0) is 16.1 Å². The smallest absolute Gasteiger partial charge is 0.293 e. The van der Waals surface area contributed by atoms with Gasteiger partial charge in [0.2, 0.25) is 0 Å². The van der Waals surface area contributed by atoms with Crippen LogP contribution in [0.15, 0.2) is 11.6 Å². The Labute approximate surface area is 119 Å². The van der Waals surface area contributed by atoms with Crippen LogP contribution < -0.4 is 5.32 Å². The molecule has 19 heavy (non-hydrogen) atoms. The molecule has 0 aromatic carbocycles. The lowest BCUT2D eigenvalue weighted by Gasteiger charge is -2.25. The fourth-order valence-corrected chi connectivity index (χ4v) is 2.19. The standard InChI is InChI=1S/C8H13N3S.C5H10O2/c1-4-11(5-2-9-1)7-8-10-3-6-12-8;1-5(2,3)7-4-6/h3,6,9H,1-2,4-5,7H2;4H,1-3H3. The van der Waals surface area contributed by atoms with Gasteiger partial charge in [0.1, 0.15) is 10.6 Å². The van der Waals surface area contributed by atoms with Crippen molar-refractivity contribution in [2.24, 2.45) is 0 Å². The van der Waals surface area contributed by atoms with Crippen molar-refractivity contribution in [3.8, 4) is 0 Å². The summed E-state index contributed by atoms with van der Waals surface area (Å²) in [6.45, 7) is 11.5. The van der Waals surface area contributed by atoms with Crippen LogP contribution in [0.1, 0.15) is 25.8 Å². The summed E-state index contributed by atoms with van der Waals surface area (Å²) >= 11 is 1.74. The fraction of sp³-hybridized carbons (Fsp3) is 0.692. The number of thiazole rings is 1. The minimum absolute atomic E-state index is 0.318. The highest BCUT2D eigenvalue weighted by Crippen LogP contribution is 2.08. The second-order valence-corrected chi connectivity index (χ2v) is 6.26. The average Bonchev–Trinajstić information content (AvgIpc) is 2.82. The van der Waals surface area contributed by atoms with E-state index in [2.05, 4.69) is 19.9 Å². The largest absolute Gasteiger partial charge is 0.462 e. The van der Waals surface area contributed by atoms with Gasteiger partial charge < -0.3 is 10.1 Å². The normalized spacial score (nSPS) is 16.4. The lowest BCUT2D eigenvalue weighted by molar-refractivity contribution is -0.138. The van der Waals surface area contributed by atoms with Gasteiger partial charge in [0.25, 0.3) is 6.47 Å². The van der Waals surface area contributed by atoms with Gasteiger partial charge in [-0.3, -0.25) is 9.69 Å². The minimum atomic E-state index is -0.318. The Balaban J connectivity index is 0.000000224. The van der Waals surface area contributed by atoms with E-state index >= 15 is 0 Å². The van der Waals surface area contributed by atoms with E-state index in [4.69, 9.17) is 0 Å². The number of piperazine rings is 1. The molecular formula is C13H23N3O2S. The first kappa shape index (κ1) is 16.1. The molecule has 1 aromatic heterocycles. The lowest BCUT2D eigenvalue weighted by atomic mass is 10.2. The number of carbonyl (C=O) groups is 1. The second-order valence-electron chi connectivity index (χ2n) is 5.28. The quantitative estimate of drug-likeness (QED) is 0.853. The third kappa shape index (κ3) is 7.92. The van der Waals surface area contributed by atoms with Crippen molar-refractivity contribution in [3.63, 3.8) is 0 Å². The van der Waals surface area contributed by atoms with Crippen molar-refractivity contribution in [1.82, 2.24) is 15.2 Å². The van der Waals surface area contributed by atoms with E-state index in [9.17, 15) is 4.79 Å². The van der Waals surface area contributed by atoms with E-state index in [1.54, 1.807) is 11.3 Å². The zero-order chi connectivity index (χ0) is 14.1. The highest BCUT2D eigenvalue weighted by Gasteiger charge is 2.10. The van der Waals surface area contributed by atoms with Crippen LogP contribution in [0.5, 0.6) is 0 Å². The van der Waals surface area contributed by atoms with Gasteiger partial charge in [0, 0.05) is 37.8 Å². The number of hydrogen-bond acceptors (Lipinski definition) is 6. The first-order valence-electron chi connectivity index (χ1n) is 6.44. The third-order valence-corrected chi connectivity index (χ3v) is 3.22. The summed E-state index contributed by atoms with van der Waals surface area (Å²) in [4.78, 5) is 16.3. The van der Waals surface area contributed by atoms with Crippen LogP contribution in [0.25, 0.3) is 0 Å². The second kappa shape index (κ2) is 8.24. The van der Waals surface area contributed by atoms with Gasteiger partial charge in [-0.2, -0.15) is 0 Å². The number of aromatic nitrogens is 1. The van der Waals surface area contributed by atoms with Crippen molar-refractivity contribution >= 4 is 17.8 Å². The molecule has 2 rings (SSSR count). The predicted octanol–water partition coefficient (Wildman–Crippen LogP) is 1.51. The van der Waals surface area contributed by atoms with Gasteiger partial charge in [-0.05, 0) is 20.8 Å². The summed E-state index contributed by atoms with van der Waals surface area (Å²) in [6, 6.07) is 0. The zero-order valence-corrected chi connectivity index (χ0v) is 12.7. The Bertz CT molecular complexity index is 343. The SMILES string of the molecule is CC(C)(C)OC=O.c1csc(CN2CCNCC2)n1. The molecule has 2 heterocycles. The van der Waals surface area contributed by atoms with Crippen molar-refractivity contribution in [2.75, 3.05) is 26.2 Å². The summed E-state index contributed by atoms with van der Waals surface area (Å²) in [5, 5.41) is 6.61. The van der Waals surface area contributed by atoms with E-state index in [1.165, 1.54) is 5.01 Å². The molecule has 1 saturated heterocycles. The minimum Gasteiger partial charge on any atom is -0.462 e. The van der Waals surface area contributed by atoms with Crippen LogP contribution in [0.4, 0.5) is 0 Å². The summed E-state index contributed by atoms with van der Waals surface area (Å²) in [5.74, 6) is 0. The Morgan fingerprint density at radius 3 is 2.58 bits per heavy atom. The molecular weight excluding hydrogens is 262 g/mol. The highest BCUT2D eigenvalue weighted by atomic mass is 32.1. The summed E-state index contributed by atoms with van der Waals surface area (Å²) < 4.78 is 4.55. The number of ether oxygens (including phenoxy) is 1. The summed E-state index contributed by atoms with van der Waals surface area (Å²) in [7, 11) is 0. The topological polar surface area (TPSA) is 54.5 Å². The van der Waals surface area contributed by atoms with Crippen LogP contribution in [0.2, 0.25) is 0 Å². The fourth-order valence-electron chi connectivity index (χ4n) is 1.54. The maximum atomic E-state index is 9.60. The number of nitrogens with one attached hydrogen (secondary N) is 1. The molecule has 0 saturated carbocycles. The Morgan fingerprint density at radius 1 is 1.47 bits per heavy atom. The molecule has 1 N–H and O–H groups in total. The number of nitrogens with zero attached hydrogens (tertiary/aromatic N) is 2.